The van der Waals surface area contributed by atoms with Gasteiger partial charge in [0.1, 0.15) is 12.3 Å². The van der Waals surface area contributed by atoms with Gasteiger partial charge in [-0.15, -0.1) is 11.8 Å². The predicted octanol–water partition coefficient (Wildman–Crippen LogP) is 2.42. The Hall–Kier alpha value is -3.25. The van der Waals surface area contributed by atoms with Crippen molar-refractivity contribution in [1.29, 1.82) is 0 Å². The molecule has 0 amide bonds. The molecule has 1 saturated heterocycles. The molecule has 0 radical (unpaired) electrons. The predicted molar refractivity (Wildman–Crippen MR) is 177 cm³/mol. The zero-order chi connectivity index (χ0) is 29.5. The highest BCUT2D eigenvalue weighted by atomic mass is 32.2. The molecule has 8 aliphatic heterocycles. The van der Waals surface area contributed by atoms with Gasteiger partial charge in [-0.2, -0.15) is 0 Å². The van der Waals surface area contributed by atoms with Crippen LogP contribution in [0, 0.1) is 10.8 Å². The van der Waals surface area contributed by atoms with Gasteiger partial charge in [0.15, 0.2) is 0 Å². The molecular weight excluding hydrogens is 572 g/mol. The van der Waals surface area contributed by atoms with Gasteiger partial charge in [-0.3, -0.25) is 20.0 Å². The number of thioether (sulfide) groups is 1. The van der Waals surface area contributed by atoms with Gasteiger partial charge in [0.25, 0.3) is 0 Å². The Morgan fingerprint density at radius 3 is 2.52 bits per heavy atom. The highest BCUT2D eigenvalue weighted by Gasteiger charge is 2.85. The summed E-state index contributed by atoms with van der Waals surface area (Å²) in [5.74, 6) is 0. The van der Waals surface area contributed by atoms with Crippen LogP contribution in [0.2, 0.25) is 0 Å². The van der Waals surface area contributed by atoms with Crippen molar-refractivity contribution in [2.75, 3.05) is 26.2 Å². The minimum absolute atomic E-state index is 0.0191. The maximum atomic E-state index is 6.81. The SMILES string of the molecule is C1=CCC(C2(C3CN=CC=N3)C(C3=CCNN3)(C3C=CCN3)SC(C3CC=CCO3)C2(C2N=CC=CN2)C2CC=CO2)N=C1. The first-order chi connectivity index (χ1) is 21.8. The van der Waals surface area contributed by atoms with Crippen LogP contribution in [0.25, 0.3) is 0 Å². The van der Waals surface area contributed by atoms with Crippen LogP contribution in [0.4, 0.5) is 0 Å². The Balaban J connectivity index is 1.51. The highest BCUT2D eigenvalue weighted by molar-refractivity contribution is 8.02. The maximum Gasteiger partial charge on any atom is 0.129 e. The van der Waals surface area contributed by atoms with Crippen molar-refractivity contribution in [3.63, 3.8) is 0 Å². The summed E-state index contributed by atoms with van der Waals surface area (Å²) in [6, 6.07) is -0.385. The van der Waals surface area contributed by atoms with Crippen LogP contribution >= 0.6 is 11.8 Å². The third-order valence-corrected chi connectivity index (χ3v) is 12.7. The van der Waals surface area contributed by atoms with Gasteiger partial charge in [-0.05, 0) is 43.3 Å². The summed E-state index contributed by atoms with van der Waals surface area (Å²) >= 11 is 2.03. The molecule has 230 valence electrons. The number of allylic oxidation sites excluding steroid dienone is 2. The Labute approximate surface area is 262 Å². The molecule has 8 aliphatic rings. The molecule has 11 heteroatoms. The van der Waals surface area contributed by atoms with Crippen LogP contribution in [0.1, 0.15) is 19.3 Å². The highest BCUT2D eigenvalue weighted by Crippen LogP contribution is 2.77. The average Bonchev–Trinajstić information content (AvgIpc) is 3.93. The van der Waals surface area contributed by atoms with Gasteiger partial charge in [0, 0.05) is 61.4 Å². The summed E-state index contributed by atoms with van der Waals surface area (Å²) < 4.78 is 13.0. The average molecular weight is 613 g/mol. The third-order valence-electron chi connectivity index (χ3n) is 10.6. The topological polar surface area (TPSA) is 116 Å². The lowest BCUT2D eigenvalue weighted by Crippen LogP contribution is -2.77. The molecule has 0 aromatic rings. The van der Waals surface area contributed by atoms with E-state index in [1.807, 2.05) is 55.2 Å². The minimum atomic E-state index is -0.677. The van der Waals surface area contributed by atoms with Crippen molar-refractivity contribution in [3.05, 3.63) is 72.8 Å². The number of aliphatic imine (C=N–C) groups is 4. The molecule has 0 spiro atoms. The fraction of sp³-hybridized carbons (Fsp3) is 0.515. The summed E-state index contributed by atoms with van der Waals surface area (Å²) in [5.41, 5.74) is 6.93. The van der Waals surface area contributed by atoms with Gasteiger partial charge in [0.05, 0.1) is 53.2 Å². The Morgan fingerprint density at radius 2 is 1.84 bits per heavy atom. The molecule has 10 unspecified atom stereocenters. The van der Waals surface area contributed by atoms with E-state index in [2.05, 4.69) is 70.1 Å². The van der Waals surface area contributed by atoms with Crippen molar-refractivity contribution >= 4 is 36.6 Å². The van der Waals surface area contributed by atoms with Gasteiger partial charge < -0.3 is 25.5 Å². The molecule has 0 aromatic carbocycles. The van der Waals surface area contributed by atoms with Gasteiger partial charge >= 0.3 is 0 Å². The second-order valence-electron chi connectivity index (χ2n) is 12.4. The first kappa shape index (κ1) is 28.2. The molecular formula is C33H40N8O2S. The molecule has 44 heavy (non-hydrogen) atoms. The number of dihydropyridines is 1. The minimum Gasteiger partial charge on any atom is -0.497 e. The fourth-order valence-corrected chi connectivity index (χ4v) is 11.9. The number of hydrogen-bond donors (Lipinski definition) is 4. The molecule has 8 heterocycles. The van der Waals surface area contributed by atoms with E-state index in [4.69, 9.17) is 29.4 Å². The molecule has 0 aliphatic carbocycles. The second-order valence-corrected chi connectivity index (χ2v) is 13.7. The summed E-state index contributed by atoms with van der Waals surface area (Å²) in [4.78, 5) is 21.1. The number of hydrogen-bond acceptors (Lipinski definition) is 11. The Morgan fingerprint density at radius 1 is 0.886 bits per heavy atom. The lowest BCUT2D eigenvalue weighted by atomic mass is 9.43. The van der Waals surface area contributed by atoms with Crippen molar-refractivity contribution in [2.45, 2.75) is 65.8 Å². The van der Waals surface area contributed by atoms with E-state index in [1.54, 1.807) is 0 Å². The summed E-state index contributed by atoms with van der Waals surface area (Å²) in [7, 11) is 0. The van der Waals surface area contributed by atoms with Crippen LogP contribution in [-0.2, 0) is 9.47 Å². The van der Waals surface area contributed by atoms with E-state index in [1.165, 1.54) is 0 Å². The van der Waals surface area contributed by atoms with Crippen LogP contribution in [0.5, 0.6) is 0 Å². The number of nitrogens with one attached hydrogen (secondary N) is 4. The molecule has 0 bridgehead atoms. The third kappa shape index (κ3) is 3.92. The standard InChI is InChI=1S/C33H40N8O2S/c1-3-13-35-24(9-1)32(27-22-34-18-19-37-27)31(28-11-6-21-43-28,30-38-15-7-16-39-30)29(23-8-2-4-20-42-23)44-33(32,25-10-5-14-36-25)26-12-17-40-41-26/h1-7,10,12-13,15-16,18-19,21,23-25,27-30,36,38,40-41H,8-9,11,14,17,20,22H2. The molecule has 0 saturated carbocycles. The number of hydrazine groups is 1. The molecule has 10 atom stereocenters. The zero-order valence-electron chi connectivity index (χ0n) is 24.7. The van der Waals surface area contributed by atoms with E-state index in [0.717, 1.165) is 38.0 Å². The maximum absolute atomic E-state index is 6.81. The molecule has 10 nitrogen and oxygen atoms in total. The van der Waals surface area contributed by atoms with E-state index < -0.39 is 15.6 Å². The number of nitrogens with zero attached hydrogens (tertiary/aromatic N) is 4. The lowest BCUT2D eigenvalue weighted by Gasteiger charge is -2.63. The van der Waals surface area contributed by atoms with E-state index in [0.29, 0.717) is 13.2 Å². The number of ether oxygens (including phenoxy) is 2. The first-order valence-electron chi connectivity index (χ1n) is 15.8. The van der Waals surface area contributed by atoms with E-state index in [9.17, 15) is 0 Å². The summed E-state index contributed by atoms with van der Waals surface area (Å²) in [6.45, 7) is 2.67. The molecule has 8 rings (SSSR count). The largest absolute Gasteiger partial charge is 0.497 e. The van der Waals surface area contributed by atoms with Gasteiger partial charge in [0.2, 0.25) is 0 Å². The Kier molecular flexibility index (Phi) is 7.44. The number of rotatable bonds is 7. The van der Waals surface area contributed by atoms with Crippen LogP contribution in [-0.4, -0.2) is 97.6 Å². The van der Waals surface area contributed by atoms with Gasteiger partial charge in [-0.1, -0.05) is 30.4 Å². The molecule has 4 N–H and O–H groups in total. The van der Waals surface area contributed by atoms with Crippen molar-refractivity contribution in [3.8, 4) is 0 Å². The summed E-state index contributed by atoms with van der Waals surface area (Å²) in [6.07, 6.45) is 33.1. The van der Waals surface area contributed by atoms with Crippen LogP contribution in [0.3, 0.4) is 0 Å². The van der Waals surface area contributed by atoms with Crippen molar-refractivity contribution in [1.82, 2.24) is 21.5 Å². The Bertz CT molecular complexity index is 1390. The fourth-order valence-electron chi connectivity index (χ4n) is 9.29. The molecule has 0 aromatic heterocycles. The van der Waals surface area contributed by atoms with Gasteiger partial charge in [-0.25, -0.2) is 5.43 Å². The lowest BCUT2D eigenvalue weighted by molar-refractivity contribution is -0.142. The monoisotopic (exact) mass is 612 g/mol. The normalized spacial score (nSPS) is 45.1. The van der Waals surface area contributed by atoms with Crippen molar-refractivity contribution < 1.29 is 9.47 Å². The first-order valence-corrected chi connectivity index (χ1v) is 16.7. The van der Waals surface area contributed by atoms with Crippen molar-refractivity contribution in [2.24, 2.45) is 30.8 Å². The molecule has 1 fully saturated rings. The van der Waals surface area contributed by atoms with E-state index in [-0.39, 0.29) is 41.7 Å². The second kappa shape index (κ2) is 11.6. The van der Waals surface area contributed by atoms with E-state index >= 15 is 0 Å². The van der Waals surface area contributed by atoms with Crippen LogP contribution < -0.4 is 21.5 Å². The smallest absolute Gasteiger partial charge is 0.129 e. The van der Waals surface area contributed by atoms with Crippen LogP contribution in [0.15, 0.2) is 92.8 Å². The quantitative estimate of drug-likeness (QED) is 0.327. The zero-order valence-corrected chi connectivity index (χ0v) is 25.5. The summed E-state index contributed by atoms with van der Waals surface area (Å²) in [5, 5.41) is 7.65.